The molecule has 2 heteroatoms. The summed E-state index contributed by atoms with van der Waals surface area (Å²) in [5, 5.41) is 0. The molecular formula is C9H10O2. The van der Waals surface area contributed by atoms with E-state index in [-0.39, 0.29) is 11.6 Å². The molecule has 0 aromatic heterocycles. The van der Waals surface area contributed by atoms with Gasteiger partial charge in [-0.15, -0.1) is 0 Å². The van der Waals surface area contributed by atoms with Gasteiger partial charge in [-0.1, -0.05) is 12.2 Å². The van der Waals surface area contributed by atoms with Crippen LogP contribution in [0.1, 0.15) is 19.8 Å². The number of carbonyl (C=O) groups is 2. The van der Waals surface area contributed by atoms with E-state index in [1.807, 2.05) is 6.08 Å². The molecule has 0 saturated carbocycles. The standard InChI is InChI=1S/C9H10O2/c1-7(10)2-3-8-4-5-9(11)6-8/h3-5H,2,6H2,1H3/b8-3+. The van der Waals surface area contributed by atoms with Gasteiger partial charge in [-0.25, -0.2) is 0 Å². The zero-order chi connectivity index (χ0) is 8.27. The topological polar surface area (TPSA) is 34.1 Å². The van der Waals surface area contributed by atoms with Crippen LogP contribution >= 0.6 is 0 Å². The van der Waals surface area contributed by atoms with Gasteiger partial charge in [0.25, 0.3) is 0 Å². The summed E-state index contributed by atoms with van der Waals surface area (Å²) in [6.45, 7) is 1.54. The Labute approximate surface area is 65.6 Å². The molecule has 0 heterocycles. The third kappa shape index (κ3) is 2.50. The predicted molar refractivity (Wildman–Crippen MR) is 42.1 cm³/mol. The number of rotatable bonds is 2. The van der Waals surface area contributed by atoms with Crippen molar-refractivity contribution in [2.45, 2.75) is 19.8 Å². The third-order valence-corrected chi connectivity index (χ3v) is 1.51. The highest BCUT2D eigenvalue weighted by Crippen LogP contribution is 2.13. The van der Waals surface area contributed by atoms with Crippen LogP contribution in [0.15, 0.2) is 23.8 Å². The summed E-state index contributed by atoms with van der Waals surface area (Å²) in [6, 6.07) is 0. The quantitative estimate of drug-likeness (QED) is 0.596. The molecule has 0 aromatic carbocycles. The summed E-state index contributed by atoms with van der Waals surface area (Å²) < 4.78 is 0. The molecule has 1 rings (SSSR count). The predicted octanol–water partition coefficient (Wildman–Crippen LogP) is 1.42. The minimum absolute atomic E-state index is 0.125. The number of carbonyl (C=O) groups excluding carboxylic acids is 2. The maximum atomic E-state index is 10.7. The second-order valence-corrected chi connectivity index (χ2v) is 2.66. The number of allylic oxidation sites excluding steroid dienone is 4. The van der Waals surface area contributed by atoms with Crippen molar-refractivity contribution in [3.8, 4) is 0 Å². The Morgan fingerprint density at radius 2 is 2.36 bits per heavy atom. The molecule has 0 aromatic rings. The zero-order valence-corrected chi connectivity index (χ0v) is 6.46. The molecule has 0 N–H and O–H groups in total. The average Bonchev–Trinajstić information content (AvgIpc) is 2.31. The summed E-state index contributed by atoms with van der Waals surface area (Å²) in [7, 11) is 0. The summed E-state index contributed by atoms with van der Waals surface area (Å²) in [4.78, 5) is 21.2. The normalized spacial score (nSPS) is 19.7. The van der Waals surface area contributed by atoms with Gasteiger partial charge in [0.05, 0.1) is 0 Å². The fourth-order valence-corrected chi connectivity index (χ4v) is 0.934. The number of ketones is 2. The SMILES string of the molecule is CC(=O)C/C=C1\C=CC(=O)C1. The summed E-state index contributed by atoms with van der Waals surface area (Å²) >= 11 is 0. The number of hydrogen-bond donors (Lipinski definition) is 0. The van der Waals surface area contributed by atoms with Gasteiger partial charge in [0.1, 0.15) is 5.78 Å². The highest BCUT2D eigenvalue weighted by molar-refractivity contribution is 5.95. The van der Waals surface area contributed by atoms with Crippen molar-refractivity contribution in [2.24, 2.45) is 0 Å². The first kappa shape index (κ1) is 7.92. The molecule has 11 heavy (non-hydrogen) atoms. The van der Waals surface area contributed by atoms with Gasteiger partial charge >= 0.3 is 0 Å². The molecular weight excluding hydrogens is 140 g/mol. The fraction of sp³-hybridized carbons (Fsp3) is 0.333. The van der Waals surface area contributed by atoms with Crippen molar-refractivity contribution in [1.29, 1.82) is 0 Å². The van der Waals surface area contributed by atoms with Gasteiger partial charge in [-0.3, -0.25) is 9.59 Å². The lowest BCUT2D eigenvalue weighted by Gasteiger charge is -1.89. The van der Waals surface area contributed by atoms with Gasteiger partial charge in [-0.05, 0) is 18.6 Å². The van der Waals surface area contributed by atoms with E-state index < -0.39 is 0 Å². The minimum Gasteiger partial charge on any atom is -0.300 e. The Balaban J connectivity index is 2.50. The first-order valence-corrected chi connectivity index (χ1v) is 3.58. The molecule has 2 nitrogen and oxygen atoms in total. The number of Topliss-reactive ketones (excluding diaryl/α,β-unsaturated/α-hetero) is 1. The van der Waals surface area contributed by atoms with Gasteiger partial charge in [-0.2, -0.15) is 0 Å². The minimum atomic E-state index is 0.125. The van der Waals surface area contributed by atoms with E-state index in [0.717, 1.165) is 5.57 Å². The third-order valence-electron chi connectivity index (χ3n) is 1.51. The van der Waals surface area contributed by atoms with Crippen molar-refractivity contribution in [3.63, 3.8) is 0 Å². The summed E-state index contributed by atoms with van der Waals surface area (Å²) in [5.41, 5.74) is 0.963. The smallest absolute Gasteiger partial charge is 0.160 e. The van der Waals surface area contributed by atoms with Crippen molar-refractivity contribution in [3.05, 3.63) is 23.8 Å². The van der Waals surface area contributed by atoms with Crippen LogP contribution in [0.5, 0.6) is 0 Å². The molecule has 0 bridgehead atoms. The Kier molecular flexibility index (Phi) is 2.36. The lowest BCUT2D eigenvalue weighted by Crippen LogP contribution is -1.88. The fourth-order valence-electron chi connectivity index (χ4n) is 0.934. The Morgan fingerprint density at radius 1 is 1.64 bits per heavy atom. The van der Waals surface area contributed by atoms with Crippen LogP contribution in [0.4, 0.5) is 0 Å². The molecule has 0 unspecified atom stereocenters. The van der Waals surface area contributed by atoms with Crippen molar-refractivity contribution in [1.82, 2.24) is 0 Å². The number of hydrogen-bond acceptors (Lipinski definition) is 2. The van der Waals surface area contributed by atoms with Crippen LogP contribution in [0.2, 0.25) is 0 Å². The Hall–Kier alpha value is -1.18. The van der Waals surface area contributed by atoms with E-state index in [1.54, 1.807) is 12.2 Å². The molecule has 0 saturated heterocycles. The Bertz CT molecular complexity index is 246. The average molecular weight is 150 g/mol. The second kappa shape index (κ2) is 3.28. The van der Waals surface area contributed by atoms with Gasteiger partial charge in [0.15, 0.2) is 5.78 Å². The van der Waals surface area contributed by atoms with Gasteiger partial charge < -0.3 is 0 Å². The van der Waals surface area contributed by atoms with Crippen LogP contribution in [-0.4, -0.2) is 11.6 Å². The molecule has 58 valence electrons. The second-order valence-electron chi connectivity index (χ2n) is 2.66. The lowest BCUT2D eigenvalue weighted by atomic mass is 10.2. The molecule has 1 aliphatic carbocycles. The van der Waals surface area contributed by atoms with Crippen molar-refractivity contribution >= 4 is 11.6 Å². The molecule has 0 amide bonds. The van der Waals surface area contributed by atoms with E-state index in [4.69, 9.17) is 0 Å². The van der Waals surface area contributed by atoms with E-state index in [2.05, 4.69) is 0 Å². The highest BCUT2D eigenvalue weighted by atomic mass is 16.1. The monoisotopic (exact) mass is 150 g/mol. The molecule has 0 atom stereocenters. The summed E-state index contributed by atoms with van der Waals surface area (Å²) in [6.07, 6.45) is 6.03. The molecule has 0 fully saturated rings. The highest BCUT2D eigenvalue weighted by Gasteiger charge is 2.07. The van der Waals surface area contributed by atoms with Crippen LogP contribution in [0, 0.1) is 0 Å². The largest absolute Gasteiger partial charge is 0.300 e. The van der Waals surface area contributed by atoms with Crippen LogP contribution in [0.3, 0.4) is 0 Å². The molecule has 0 aliphatic heterocycles. The van der Waals surface area contributed by atoms with Crippen LogP contribution in [0.25, 0.3) is 0 Å². The summed E-state index contributed by atoms with van der Waals surface area (Å²) in [5.74, 6) is 0.255. The maximum absolute atomic E-state index is 10.7. The van der Waals surface area contributed by atoms with E-state index in [1.165, 1.54) is 6.92 Å². The van der Waals surface area contributed by atoms with Gasteiger partial charge in [0, 0.05) is 12.8 Å². The molecule has 0 radical (unpaired) electrons. The zero-order valence-electron chi connectivity index (χ0n) is 6.46. The maximum Gasteiger partial charge on any atom is 0.160 e. The van der Waals surface area contributed by atoms with E-state index in [0.29, 0.717) is 12.8 Å². The van der Waals surface area contributed by atoms with E-state index >= 15 is 0 Å². The molecule has 1 aliphatic rings. The first-order chi connectivity index (χ1) is 5.18. The van der Waals surface area contributed by atoms with Crippen LogP contribution in [-0.2, 0) is 9.59 Å². The van der Waals surface area contributed by atoms with Gasteiger partial charge in [0.2, 0.25) is 0 Å². The van der Waals surface area contributed by atoms with Crippen molar-refractivity contribution in [2.75, 3.05) is 0 Å². The van der Waals surface area contributed by atoms with Crippen molar-refractivity contribution < 1.29 is 9.59 Å². The molecule has 0 spiro atoms. The van der Waals surface area contributed by atoms with Crippen LogP contribution < -0.4 is 0 Å². The first-order valence-electron chi connectivity index (χ1n) is 3.58. The lowest BCUT2D eigenvalue weighted by molar-refractivity contribution is -0.116. The Morgan fingerprint density at radius 3 is 2.82 bits per heavy atom. The van der Waals surface area contributed by atoms with E-state index in [9.17, 15) is 9.59 Å².